The number of hydrogen-bond acceptors (Lipinski definition) is 2. The fourth-order valence-electron chi connectivity index (χ4n) is 1.93. The van der Waals surface area contributed by atoms with Gasteiger partial charge in [0.1, 0.15) is 5.88 Å². The van der Waals surface area contributed by atoms with Crippen LogP contribution in [0.4, 0.5) is 11.4 Å². The molecule has 0 aromatic heterocycles. The van der Waals surface area contributed by atoms with Crippen molar-refractivity contribution in [2.75, 3.05) is 29.2 Å². The van der Waals surface area contributed by atoms with E-state index < -0.39 is 0 Å². The Morgan fingerprint density at radius 3 is 2.35 bits per heavy atom. The first-order valence-corrected chi connectivity index (χ1v) is 6.04. The number of hydrogen-bond donors (Lipinski definition) is 1. The number of nitrogens with one attached hydrogen (secondary N) is 1. The summed E-state index contributed by atoms with van der Waals surface area (Å²) in [4.78, 5) is 13.4. The molecular formula is C12H16Cl2N2O. The fourth-order valence-corrected chi connectivity index (χ4v) is 1.99. The topological polar surface area (TPSA) is 32.3 Å². The monoisotopic (exact) mass is 274 g/mol. The van der Waals surface area contributed by atoms with Gasteiger partial charge in [-0.3, -0.25) is 4.79 Å². The third-order valence-corrected chi connectivity index (χ3v) is 2.99. The van der Waals surface area contributed by atoms with Crippen LogP contribution in [0.5, 0.6) is 0 Å². The normalized spacial score (nSPS) is 14.3. The summed E-state index contributed by atoms with van der Waals surface area (Å²) in [5, 5.41) is 2.72. The van der Waals surface area contributed by atoms with Crippen molar-refractivity contribution in [2.45, 2.75) is 12.8 Å². The number of rotatable bonds is 3. The van der Waals surface area contributed by atoms with Crippen LogP contribution in [0.3, 0.4) is 0 Å². The van der Waals surface area contributed by atoms with Gasteiger partial charge in [-0.15, -0.1) is 24.0 Å². The lowest BCUT2D eigenvalue weighted by Gasteiger charge is -2.17. The van der Waals surface area contributed by atoms with Crippen LogP contribution in [-0.2, 0) is 4.79 Å². The molecule has 1 aromatic carbocycles. The lowest BCUT2D eigenvalue weighted by molar-refractivity contribution is -0.113. The first kappa shape index (κ1) is 14.1. The van der Waals surface area contributed by atoms with Gasteiger partial charge in [-0.1, -0.05) is 0 Å². The van der Waals surface area contributed by atoms with Crippen LogP contribution >= 0.6 is 24.0 Å². The molecule has 0 unspecified atom stereocenters. The summed E-state index contributed by atoms with van der Waals surface area (Å²) >= 11 is 5.42. The Morgan fingerprint density at radius 2 is 1.82 bits per heavy atom. The number of benzene rings is 1. The van der Waals surface area contributed by atoms with E-state index in [1.807, 2.05) is 24.3 Å². The summed E-state index contributed by atoms with van der Waals surface area (Å²) in [6, 6.07) is 7.90. The standard InChI is InChI=1S/C12H15ClN2O.ClH/c13-9-12(16)14-10-3-5-11(6-4-10)15-7-1-2-8-15;/h3-6H,1-2,7-9H2,(H,14,16);1H. The van der Waals surface area contributed by atoms with E-state index in [2.05, 4.69) is 10.2 Å². The van der Waals surface area contributed by atoms with E-state index in [0.717, 1.165) is 18.8 Å². The van der Waals surface area contributed by atoms with Gasteiger partial charge in [0, 0.05) is 24.5 Å². The fraction of sp³-hybridized carbons (Fsp3) is 0.417. The minimum Gasteiger partial charge on any atom is -0.372 e. The highest BCUT2D eigenvalue weighted by Gasteiger charge is 2.11. The maximum atomic E-state index is 11.1. The van der Waals surface area contributed by atoms with Gasteiger partial charge in [-0.25, -0.2) is 0 Å². The second kappa shape index (κ2) is 6.72. The molecule has 1 aliphatic heterocycles. The molecule has 1 amide bonds. The molecule has 0 aliphatic carbocycles. The van der Waals surface area contributed by atoms with Crippen LogP contribution < -0.4 is 10.2 Å². The molecule has 0 radical (unpaired) electrons. The van der Waals surface area contributed by atoms with Crippen molar-refractivity contribution in [3.63, 3.8) is 0 Å². The number of carbonyl (C=O) groups excluding carboxylic acids is 1. The molecule has 1 aliphatic rings. The first-order valence-electron chi connectivity index (χ1n) is 5.50. The van der Waals surface area contributed by atoms with Crippen molar-refractivity contribution < 1.29 is 4.79 Å². The third-order valence-electron chi connectivity index (χ3n) is 2.74. The molecule has 0 bridgehead atoms. The number of amides is 1. The molecule has 94 valence electrons. The van der Waals surface area contributed by atoms with Crippen molar-refractivity contribution in [1.82, 2.24) is 0 Å². The smallest absolute Gasteiger partial charge is 0.239 e. The van der Waals surface area contributed by atoms with E-state index in [4.69, 9.17) is 11.6 Å². The van der Waals surface area contributed by atoms with E-state index in [1.54, 1.807) is 0 Å². The van der Waals surface area contributed by atoms with Gasteiger partial charge in [0.25, 0.3) is 0 Å². The van der Waals surface area contributed by atoms with E-state index in [0.29, 0.717) is 0 Å². The van der Waals surface area contributed by atoms with Crippen LogP contribution in [0.1, 0.15) is 12.8 Å². The summed E-state index contributed by atoms with van der Waals surface area (Å²) in [6.45, 7) is 2.26. The summed E-state index contributed by atoms with van der Waals surface area (Å²) in [5.41, 5.74) is 2.02. The average molecular weight is 275 g/mol. The van der Waals surface area contributed by atoms with Crippen molar-refractivity contribution in [3.05, 3.63) is 24.3 Å². The van der Waals surface area contributed by atoms with Gasteiger partial charge in [0.05, 0.1) is 0 Å². The van der Waals surface area contributed by atoms with E-state index in [9.17, 15) is 4.79 Å². The van der Waals surface area contributed by atoms with Gasteiger partial charge in [0.2, 0.25) is 5.91 Å². The van der Waals surface area contributed by atoms with E-state index in [1.165, 1.54) is 18.5 Å². The molecule has 0 saturated carbocycles. The molecule has 3 nitrogen and oxygen atoms in total. The molecule has 1 fully saturated rings. The molecular weight excluding hydrogens is 259 g/mol. The predicted octanol–water partition coefficient (Wildman–Crippen LogP) is 2.89. The Bertz CT molecular complexity index is 361. The number of nitrogens with zero attached hydrogens (tertiary/aromatic N) is 1. The number of anilines is 2. The SMILES string of the molecule is Cl.O=C(CCl)Nc1ccc(N2CCCC2)cc1. The quantitative estimate of drug-likeness (QED) is 0.860. The summed E-state index contributed by atoms with van der Waals surface area (Å²) in [6.07, 6.45) is 2.54. The summed E-state index contributed by atoms with van der Waals surface area (Å²) in [5.74, 6) is -0.177. The molecule has 2 rings (SSSR count). The largest absolute Gasteiger partial charge is 0.372 e. The van der Waals surface area contributed by atoms with Crippen molar-refractivity contribution >= 4 is 41.3 Å². The molecule has 0 atom stereocenters. The molecule has 1 saturated heterocycles. The molecule has 1 N–H and O–H groups in total. The van der Waals surface area contributed by atoms with Crippen molar-refractivity contribution in [2.24, 2.45) is 0 Å². The minimum atomic E-state index is -0.171. The van der Waals surface area contributed by atoms with Gasteiger partial charge in [-0.05, 0) is 37.1 Å². The van der Waals surface area contributed by atoms with Crippen LogP contribution in [0.15, 0.2) is 24.3 Å². The average Bonchev–Trinajstić information content (AvgIpc) is 2.83. The second-order valence-electron chi connectivity index (χ2n) is 3.92. The first-order chi connectivity index (χ1) is 7.79. The Kier molecular flexibility index (Phi) is 5.59. The third kappa shape index (κ3) is 3.79. The summed E-state index contributed by atoms with van der Waals surface area (Å²) in [7, 11) is 0. The maximum absolute atomic E-state index is 11.1. The van der Waals surface area contributed by atoms with Crippen LogP contribution in [-0.4, -0.2) is 24.9 Å². The Hall–Kier alpha value is -0.930. The lowest BCUT2D eigenvalue weighted by atomic mass is 10.2. The van der Waals surface area contributed by atoms with E-state index in [-0.39, 0.29) is 24.2 Å². The van der Waals surface area contributed by atoms with Crippen molar-refractivity contribution in [3.8, 4) is 0 Å². The van der Waals surface area contributed by atoms with Crippen molar-refractivity contribution in [1.29, 1.82) is 0 Å². The Balaban J connectivity index is 0.00000144. The van der Waals surface area contributed by atoms with Gasteiger partial charge >= 0.3 is 0 Å². The number of alkyl halides is 1. The maximum Gasteiger partial charge on any atom is 0.239 e. The highest BCUT2D eigenvalue weighted by Crippen LogP contribution is 2.21. The minimum absolute atomic E-state index is 0. The zero-order valence-corrected chi connectivity index (χ0v) is 11.1. The highest BCUT2D eigenvalue weighted by atomic mass is 35.5. The second-order valence-corrected chi connectivity index (χ2v) is 4.19. The Labute approximate surface area is 113 Å². The van der Waals surface area contributed by atoms with Crippen LogP contribution in [0.2, 0.25) is 0 Å². The van der Waals surface area contributed by atoms with Crippen LogP contribution in [0.25, 0.3) is 0 Å². The molecule has 1 aromatic rings. The zero-order valence-electron chi connectivity index (χ0n) is 9.49. The molecule has 5 heteroatoms. The predicted molar refractivity (Wildman–Crippen MR) is 74.5 cm³/mol. The summed E-state index contributed by atoms with van der Waals surface area (Å²) < 4.78 is 0. The lowest BCUT2D eigenvalue weighted by Crippen LogP contribution is -2.17. The van der Waals surface area contributed by atoms with Gasteiger partial charge < -0.3 is 10.2 Å². The van der Waals surface area contributed by atoms with E-state index >= 15 is 0 Å². The molecule has 1 heterocycles. The Morgan fingerprint density at radius 1 is 1.24 bits per heavy atom. The number of halogens is 2. The molecule has 17 heavy (non-hydrogen) atoms. The van der Waals surface area contributed by atoms with Gasteiger partial charge in [0.15, 0.2) is 0 Å². The number of carbonyl (C=O) groups is 1. The zero-order chi connectivity index (χ0) is 11.4. The highest BCUT2D eigenvalue weighted by molar-refractivity contribution is 6.29. The molecule has 0 spiro atoms. The van der Waals surface area contributed by atoms with Gasteiger partial charge in [-0.2, -0.15) is 0 Å². The van der Waals surface area contributed by atoms with Crippen LogP contribution in [0, 0.1) is 0 Å².